The monoisotopic (exact) mass is 339 g/mol. The number of nitrogens with one attached hydrogen (secondary N) is 2. The molecule has 2 heterocycles. The number of rotatable bonds is 5. The number of carbonyl (C=O) groups is 1. The Bertz CT molecular complexity index is 841. The fraction of sp³-hybridized carbons (Fsp3) is 0.0588. The highest BCUT2D eigenvalue weighted by Crippen LogP contribution is 2.21. The van der Waals surface area contributed by atoms with Crippen molar-refractivity contribution in [2.24, 2.45) is 0 Å². The Balaban J connectivity index is 1.68. The van der Waals surface area contributed by atoms with Crippen LogP contribution < -0.4 is 10.6 Å². The zero-order chi connectivity index (χ0) is 16.8. The van der Waals surface area contributed by atoms with Crippen LogP contribution in [0.2, 0.25) is 5.02 Å². The smallest absolute Gasteiger partial charge is 0.274 e. The maximum Gasteiger partial charge on any atom is 0.274 e. The predicted molar refractivity (Wildman–Crippen MR) is 93.0 cm³/mol. The number of aromatic nitrogens is 3. The van der Waals surface area contributed by atoms with Crippen LogP contribution in [0.25, 0.3) is 0 Å². The van der Waals surface area contributed by atoms with Gasteiger partial charge in [-0.05, 0) is 30.3 Å². The summed E-state index contributed by atoms with van der Waals surface area (Å²) in [5.41, 5.74) is 1.63. The fourth-order valence-electron chi connectivity index (χ4n) is 1.99. The Morgan fingerprint density at radius 1 is 1.00 bits per heavy atom. The summed E-state index contributed by atoms with van der Waals surface area (Å²) < 4.78 is 0. The van der Waals surface area contributed by atoms with Gasteiger partial charge in [0.1, 0.15) is 5.69 Å². The van der Waals surface area contributed by atoms with Crippen LogP contribution in [0.3, 0.4) is 0 Å². The quantitative estimate of drug-likeness (QED) is 0.744. The summed E-state index contributed by atoms with van der Waals surface area (Å²) in [6.07, 6.45) is 3.24. The zero-order valence-electron chi connectivity index (χ0n) is 12.6. The molecule has 0 radical (unpaired) electrons. The van der Waals surface area contributed by atoms with E-state index in [1.165, 1.54) is 12.3 Å². The molecule has 0 unspecified atom stereocenters. The van der Waals surface area contributed by atoms with E-state index < -0.39 is 0 Å². The summed E-state index contributed by atoms with van der Waals surface area (Å²) in [6, 6.07) is 14.2. The molecule has 2 aromatic heterocycles. The molecule has 3 rings (SSSR count). The van der Waals surface area contributed by atoms with Gasteiger partial charge in [0.15, 0.2) is 0 Å². The van der Waals surface area contributed by atoms with E-state index in [4.69, 9.17) is 11.6 Å². The lowest BCUT2D eigenvalue weighted by Crippen LogP contribution is -2.15. The lowest BCUT2D eigenvalue weighted by molar-refractivity contribution is 0.102. The molecule has 2 N–H and O–H groups in total. The maximum absolute atomic E-state index is 12.3. The molecule has 7 heteroatoms. The van der Waals surface area contributed by atoms with E-state index in [0.29, 0.717) is 23.2 Å². The van der Waals surface area contributed by atoms with E-state index in [1.807, 2.05) is 18.2 Å². The summed E-state index contributed by atoms with van der Waals surface area (Å²) in [4.78, 5) is 24.8. The molecule has 120 valence electrons. The number of hydrogen-bond donors (Lipinski definition) is 2. The third-order valence-corrected chi connectivity index (χ3v) is 3.49. The van der Waals surface area contributed by atoms with Crippen molar-refractivity contribution in [2.75, 3.05) is 10.6 Å². The molecule has 0 saturated carbocycles. The van der Waals surface area contributed by atoms with Crippen molar-refractivity contribution < 1.29 is 4.79 Å². The second-order valence-electron chi connectivity index (χ2n) is 4.87. The molecule has 6 nitrogen and oxygen atoms in total. The molecule has 1 amide bonds. The molecule has 0 atom stereocenters. The molecule has 1 aromatic carbocycles. The number of hydrogen-bond acceptors (Lipinski definition) is 5. The number of nitrogens with zero attached hydrogens (tertiary/aromatic N) is 3. The molecule has 0 aliphatic carbocycles. The van der Waals surface area contributed by atoms with Gasteiger partial charge >= 0.3 is 0 Å². The highest BCUT2D eigenvalue weighted by Gasteiger charge is 2.10. The van der Waals surface area contributed by atoms with E-state index in [-0.39, 0.29) is 11.6 Å². The number of para-hydroxylation sites is 1. The third-order valence-electron chi connectivity index (χ3n) is 3.16. The van der Waals surface area contributed by atoms with Crippen molar-refractivity contribution >= 4 is 29.1 Å². The van der Waals surface area contributed by atoms with E-state index in [9.17, 15) is 4.79 Å². The third kappa shape index (κ3) is 4.05. The van der Waals surface area contributed by atoms with Gasteiger partial charge in [-0.15, -0.1) is 0 Å². The summed E-state index contributed by atoms with van der Waals surface area (Å²) in [7, 11) is 0. The van der Waals surface area contributed by atoms with Gasteiger partial charge in [-0.2, -0.15) is 0 Å². The molecule has 0 saturated heterocycles. The van der Waals surface area contributed by atoms with Gasteiger partial charge in [0.2, 0.25) is 5.95 Å². The minimum Gasteiger partial charge on any atom is -0.349 e. The molecule has 0 spiro atoms. The van der Waals surface area contributed by atoms with Gasteiger partial charge in [-0.3, -0.25) is 9.78 Å². The first kappa shape index (κ1) is 15.9. The van der Waals surface area contributed by atoms with Crippen LogP contribution in [-0.4, -0.2) is 20.9 Å². The molecule has 0 aliphatic rings. The second kappa shape index (κ2) is 7.52. The normalized spacial score (nSPS) is 10.2. The molecule has 3 aromatic rings. The van der Waals surface area contributed by atoms with Crippen LogP contribution in [0, 0.1) is 0 Å². The number of pyridine rings is 1. The topological polar surface area (TPSA) is 79.8 Å². The van der Waals surface area contributed by atoms with Crippen LogP contribution in [-0.2, 0) is 6.54 Å². The largest absolute Gasteiger partial charge is 0.349 e. The predicted octanol–water partition coefficient (Wildman–Crippen LogP) is 3.39. The molecule has 0 aliphatic heterocycles. The van der Waals surface area contributed by atoms with E-state index in [0.717, 1.165) is 5.69 Å². The number of amides is 1. The number of benzene rings is 1. The van der Waals surface area contributed by atoms with Crippen LogP contribution >= 0.6 is 11.6 Å². The zero-order valence-corrected chi connectivity index (χ0v) is 13.4. The Labute approximate surface area is 143 Å². The Kier molecular flexibility index (Phi) is 4.98. The van der Waals surface area contributed by atoms with Crippen molar-refractivity contribution in [3.63, 3.8) is 0 Å². The Morgan fingerprint density at radius 3 is 2.62 bits per heavy atom. The summed E-state index contributed by atoms with van der Waals surface area (Å²) >= 11 is 6.04. The summed E-state index contributed by atoms with van der Waals surface area (Å²) in [5.74, 6) is -0.00107. The lowest BCUT2D eigenvalue weighted by Gasteiger charge is -2.08. The van der Waals surface area contributed by atoms with Crippen molar-refractivity contribution in [3.05, 3.63) is 77.3 Å². The molecular formula is C17H14ClN5O. The van der Waals surface area contributed by atoms with Gasteiger partial charge < -0.3 is 10.6 Å². The van der Waals surface area contributed by atoms with Crippen LogP contribution in [0.5, 0.6) is 0 Å². The molecule has 0 bridgehead atoms. The highest BCUT2D eigenvalue weighted by molar-refractivity contribution is 6.33. The number of halogens is 1. The summed E-state index contributed by atoms with van der Waals surface area (Å²) in [6.45, 7) is 0.469. The van der Waals surface area contributed by atoms with Gasteiger partial charge in [-0.25, -0.2) is 9.97 Å². The maximum atomic E-state index is 12.3. The average molecular weight is 340 g/mol. The lowest BCUT2D eigenvalue weighted by atomic mass is 10.3. The van der Waals surface area contributed by atoms with E-state index in [2.05, 4.69) is 25.6 Å². The van der Waals surface area contributed by atoms with Gasteiger partial charge in [-0.1, -0.05) is 29.8 Å². The van der Waals surface area contributed by atoms with Crippen molar-refractivity contribution in [3.8, 4) is 0 Å². The Hall–Kier alpha value is -2.99. The average Bonchev–Trinajstić information content (AvgIpc) is 2.63. The van der Waals surface area contributed by atoms with E-state index in [1.54, 1.807) is 30.5 Å². The first-order chi connectivity index (χ1) is 11.7. The summed E-state index contributed by atoms with van der Waals surface area (Å²) in [5, 5.41) is 6.23. The molecular weight excluding hydrogens is 326 g/mol. The fourth-order valence-corrected chi connectivity index (χ4v) is 2.17. The van der Waals surface area contributed by atoms with Crippen LogP contribution in [0.15, 0.2) is 60.9 Å². The van der Waals surface area contributed by atoms with Gasteiger partial charge in [0.25, 0.3) is 5.91 Å². The SMILES string of the molecule is O=C(Nc1ccccc1Cl)c1ccnc(NCc2ccccn2)n1. The number of anilines is 2. The molecule has 24 heavy (non-hydrogen) atoms. The highest BCUT2D eigenvalue weighted by atomic mass is 35.5. The number of carbonyl (C=O) groups excluding carboxylic acids is 1. The van der Waals surface area contributed by atoms with Crippen molar-refractivity contribution in [2.45, 2.75) is 6.54 Å². The van der Waals surface area contributed by atoms with Crippen LogP contribution in [0.1, 0.15) is 16.2 Å². The van der Waals surface area contributed by atoms with Gasteiger partial charge in [0.05, 0.1) is 22.9 Å². The Morgan fingerprint density at radius 2 is 1.83 bits per heavy atom. The van der Waals surface area contributed by atoms with Gasteiger partial charge in [0, 0.05) is 12.4 Å². The first-order valence-electron chi connectivity index (χ1n) is 7.25. The minimum atomic E-state index is -0.355. The molecule has 0 fully saturated rings. The minimum absolute atomic E-state index is 0.244. The first-order valence-corrected chi connectivity index (χ1v) is 7.63. The second-order valence-corrected chi connectivity index (χ2v) is 5.28. The van der Waals surface area contributed by atoms with Crippen molar-refractivity contribution in [1.82, 2.24) is 15.0 Å². The van der Waals surface area contributed by atoms with Crippen LogP contribution in [0.4, 0.5) is 11.6 Å². The standard InChI is InChI=1S/C17H14ClN5O/c18-13-6-1-2-7-14(13)22-16(24)15-8-10-20-17(23-15)21-11-12-5-3-4-9-19-12/h1-10H,11H2,(H,22,24)(H,20,21,23). The van der Waals surface area contributed by atoms with Crippen molar-refractivity contribution in [1.29, 1.82) is 0 Å². The van der Waals surface area contributed by atoms with E-state index >= 15 is 0 Å².